The number of nitrogens with zero attached hydrogens (tertiary/aromatic N) is 3. The molecule has 36 heavy (non-hydrogen) atoms. The quantitative estimate of drug-likeness (QED) is 0.274. The number of pyridine rings is 1. The van der Waals surface area contributed by atoms with Crippen molar-refractivity contribution in [3.05, 3.63) is 138 Å². The van der Waals surface area contributed by atoms with Crippen molar-refractivity contribution < 1.29 is 0 Å². The van der Waals surface area contributed by atoms with Crippen molar-refractivity contribution in [2.45, 2.75) is 6.92 Å². The van der Waals surface area contributed by atoms with Crippen molar-refractivity contribution in [1.82, 2.24) is 9.88 Å². The van der Waals surface area contributed by atoms with Crippen LogP contribution in [-0.2, 0) is 0 Å². The summed E-state index contributed by atoms with van der Waals surface area (Å²) >= 11 is 0. The minimum atomic E-state index is 0.656. The maximum atomic E-state index is 4.75. The van der Waals surface area contributed by atoms with Gasteiger partial charge in [0.15, 0.2) is 0 Å². The molecule has 2 heterocycles. The molecule has 6 rings (SSSR count). The highest BCUT2D eigenvalue weighted by Gasteiger charge is 2.23. The van der Waals surface area contributed by atoms with Crippen LogP contribution in [0.25, 0.3) is 32.8 Å². The Bertz CT molecular complexity index is 1710. The molecule has 0 aliphatic carbocycles. The summed E-state index contributed by atoms with van der Waals surface area (Å²) in [6, 6.07) is 34.2. The smallest absolute Gasteiger partial charge is 0.100 e. The minimum absolute atomic E-state index is 0.656. The lowest BCUT2D eigenvalue weighted by Crippen LogP contribution is -2.20. The molecule has 1 aromatic heterocycles. The molecular weight excluding hydrogens is 438 g/mol. The Hall–Kier alpha value is -4.50. The molecule has 0 spiro atoms. The average Bonchev–Trinajstić information content (AvgIpc) is 3.26. The van der Waals surface area contributed by atoms with E-state index in [9.17, 15) is 0 Å². The molecule has 5 aromatic rings. The maximum Gasteiger partial charge on any atom is 0.100 e. The zero-order valence-corrected chi connectivity index (χ0v) is 20.6. The van der Waals surface area contributed by atoms with Gasteiger partial charge in [-0.15, -0.1) is 0 Å². The van der Waals surface area contributed by atoms with Gasteiger partial charge in [0.2, 0.25) is 0 Å². The predicted octanol–water partition coefficient (Wildman–Crippen LogP) is 7.57. The molecule has 0 radical (unpaired) electrons. The first-order chi connectivity index (χ1) is 17.6. The summed E-state index contributed by atoms with van der Waals surface area (Å²) in [5.74, 6) is 1.03. The maximum absolute atomic E-state index is 4.75. The number of likely N-dealkylation sites (N-methyl/N-ethyl adjacent to an activating group) is 1. The van der Waals surface area contributed by atoms with E-state index in [1.807, 2.05) is 24.4 Å². The third kappa shape index (κ3) is 3.79. The van der Waals surface area contributed by atoms with E-state index in [0.717, 1.165) is 39.0 Å². The topological polar surface area (TPSA) is 28.5 Å². The summed E-state index contributed by atoms with van der Waals surface area (Å²) in [7, 11) is 2.10. The van der Waals surface area contributed by atoms with Crippen molar-refractivity contribution in [3.63, 3.8) is 0 Å². The van der Waals surface area contributed by atoms with Gasteiger partial charge in [0.05, 0.1) is 12.1 Å². The number of rotatable bonds is 4. The fourth-order valence-corrected chi connectivity index (χ4v) is 5.02. The lowest BCUT2D eigenvalue weighted by molar-refractivity contribution is 0.649. The van der Waals surface area contributed by atoms with Gasteiger partial charge in [-0.05, 0) is 58.2 Å². The molecule has 174 valence electrons. The SMILES string of the molecule is C=C(c1cnc2ccccc2c1)c1ccccc1/C(=C1\CN=C(C)N1C)c1ccc2ccccc2c1. The van der Waals surface area contributed by atoms with Crippen LogP contribution in [0.3, 0.4) is 0 Å². The Balaban J connectivity index is 1.55. The highest BCUT2D eigenvalue weighted by Crippen LogP contribution is 2.37. The average molecular weight is 466 g/mol. The van der Waals surface area contributed by atoms with E-state index in [0.29, 0.717) is 6.54 Å². The van der Waals surface area contributed by atoms with Gasteiger partial charge in [-0.1, -0.05) is 85.4 Å². The van der Waals surface area contributed by atoms with Crippen LogP contribution in [0.2, 0.25) is 0 Å². The molecule has 4 aromatic carbocycles. The van der Waals surface area contributed by atoms with E-state index < -0.39 is 0 Å². The summed E-state index contributed by atoms with van der Waals surface area (Å²) in [4.78, 5) is 11.7. The van der Waals surface area contributed by atoms with Crippen molar-refractivity contribution in [2.24, 2.45) is 4.99 Å². The third-order valence-corrected chi connectivity index (χ3v) is 7.14. The van der Waals surface area contributed by atoms with E-state index >= 15 is 0 Å². The fraction of sp³-hybridized carbons (Fsp3) is 0.0909. The van der Waals surface area contributed by atoms with Gasteiger partial charge in [-0.25, -0.2) is 0 Å². The van der Waals surface area contributed by atoms with Crippen LogP contribution in [0.15, 0.2) is 121 Å². The number of fused-ring (bicyclic) bond motifs is 2. The molecule has 0 N–H and O–H groups in total. The van der Waals surface area contributed by atoms with Crippen LogP contribution >= 0.6 is 0 Å². The standard InChI is InChI=1S/C33H27N3/c1-22(28-19-26-12-6-9-15-31(26)35-20-28)29-13-7-8-14-30(29)33(32-21-34-23(2)36(32)3)27-17-16-24-10-4-5-11-25(24)18-27/h4-20H,1,21H2,2-3H3/b33-32+. The highest BCUT2D eigenvalue weighted by molar-refractivity contribution is 5.98. The summed E-state index contributed by atoms with van der Waals surface area (Å²) in [5.41, 5.74) is 8.78. The van der Waals surface area contributed by atoms with E-state index in [2.05, 4.69) is 104 Å². The number of benzene rings is 4. The minimum Gasteiger partial charge on any atom is -0.335 e. The van der Waals surface area contributed by atoms with Gasteiger partial charge in [0, 0.05) is 35.5 Å². The van der Waals surface area contributed by atoms with Crippen molar-refractivity contribution in [2.75, 3.05) is 13.6 Å². The van der Waals surface area contributed by atoms with E-state index in [1.54, 1.807) is 0 Å². The monoisotopic (exact) mass is 465 g/mol. The second-order valence-corrected chi connectivity index (χ2v) is 9.25. The molecule has 3 nitrogen and oxygen atoms in total. The number of hydrogen-bond acceptors (Lipinski definition) is 3. The summed E-state index contributed by atoms with van der Waals surface area (Å²) in [6.07, 6.45) is 1.93. The summed E-state index contributed by atoms with van der Waals surface area (Å²) in [6.45, 7) is 7.27. The normalized spacial score (nSPS) is 14.8. The molecule has 0 saturated heterocycles. The largest absolute Gasteiger partial charge is 0.335 e. The van der Waals surface area contributed by atoms with Gasteiger partial charge >= 0.3 is 0 Å². The van der Waals surface area contributed by atoms with E-state index in [4.69, 9.17) is 9.98 Å². The molecule has 1 aliphatic heterocycles. The van der Waals surface area contributed by atoms with Crippen molar-refractivity contribution >= 4 is 38.7 Å². The number of aliphatic imine (C=N–C) groups is 1. The molecule has 0 unspecified atom stereocenters. The van der Waals surface area contributed by atoms with Crippen molar-refractivity contribution in [3.8, 4) is 0 Å². The lowest BCUT2D eigenvalue weighted by atomic mass is 9.87. The first-order valence-electron chi connectivity index (χ1n) is 12.2. The highest BCUT2D eigenvalue weighted by atomic mass is 15.2. The van der Waals surface area contributed by atoms with Crippen LogP contribution < -0.4 is 0 Å². The first-order valence-corrected chi connectivity index (χ1v) is 12.2. The lowest BCUT2D eigenvalue weighted by Gasteiger charge is -2.22. The Morgan fingerprint density at radius 2 is 1.42 bits per heavy atom. The van der Waals surface area contributed by atoms with Gasteiger partial charge in [-0.2, -0.15) is 0 Å². The Morgan fingerprint density at radius 3 is 2.19 bits per heavy atom. The van der Waals surface area contributed by atoms with Crippen molar-refractivity contribution in [1.29, 1.82) is 0 Å². The predicted molar refractivity (Wildman–Crippen MR) is 152 cm³/mol. The van der Waals surface area contributed by atoms with Crippen LogP contribution in [-0.4, -0.2) is 29.3 Å². The van der Waals surface area contributed by atoms with Crippen LogP contribution in [0.5, 0.6) is 0 Å². The zero-order valence-electron chi connectivity index (χ0n) is 20.6. The van der Waals surface area contributed by atoms with Gasteiger partial charge in [0.25, 0.3) is 0 Å². The second-order valence-electron chi connectivity index (χ2n) is 9.25. The molecular formula is C33H27N3. The Morgan fingerprint density at radius 1 is 0.750 bits per heavy atom. The zero-order chi connectivity index (χ0) is 24.6. The molecule has 0 fully saturated rings. The van der Waals surface area contributed by atoms with Crippen LogP contribution in [0.4, 0.5) is 0 Å². The Labute approximate surface area is 211 Å². The van der Waals surface area contributed by atoms with E-state index in [1.165, 1.54) is 27.6 Å². The summed E-state index contributed by atoms with van der Waals surface area (Å²) in [5, 5.41) is 3.57. The molecule has 0 atom stereocenters. The number of aromatic nitrogens is 1. The van der Waals surface area contributed by atoms with Gasteiger partial charge < -0.3 is 4.90 Å². The first kappa shape index (κ1) is 22.0. The van der Waals surface area contributed by atoms with Gasteiger partial charge in [-0.3, -0.25) is 9.98 Å². The summed E-state index contributed by atoms with van der Waals surface area (Å²) < 4.78 is 0. The molecule has 0 saturated carbocycles. The van der Waals surface area contributed by atoms with E-state index in [-0.39, 0.29) is 0 Å². The van der Waals surface area contributed by atoms with Crippen LogP contribution in [0.1, 0.15) is 29.2 Å². The molecule has 0 bridgehead atoms. The number of para-hydroxylation sites is 1. The molecule has 1 aliphatic rings. The van der Waals surface area contributed by atoms with Crippen LogP contribution in [0, 0.1) is 0 Å². The molecule has 0 amide bonds. The molecule has 3 heteroatoms. The third-order valence-electron chi connectivity index (χ3n) is 7.14. The van der Waals surface area contributed by atoms with Gasteiger partial charge in [0.1, 0.15) is 5.84 Å². The fourth-order valence-electron chi connectivity index (χ4n) is 5.02. The number of amidine groups is 1. The second kappa shape index (κ2) is 8.94. The Kier molecular flexibility index (Phi) is 5.46. The number of hydrogen-bond donors (Lipinski definition) is 0.